The molecule has 2 atom stereocenters. The van der Waals surface area contributed by atoms with Gasteiger partial charge in [-0.05, 0) is 49.9 Å². The van der Waals surface area contributed by atoms with E-state index in [0.29, 0.717) is 0 Å². The lowest BCUT2D eigenvalue weighted by Crippen LogP contribution is -2.41. The number of amides is 1. The van der Waals surface area contributed by atoms with Crippen molar-refractivity contribution in [3.05, 3.63) is 29.3 Å². The molecular formula is C16H22N2O2. The molecule has 0 aromatic heterocycles. The quantitative estimate of drug-likeness (QED) is 0.899. The Morgan fingerprint density at radius 2 is 2.30 bits per heavy atom. The smallest absolute Gasteiger partial charge is 0.253 e. The predicted octanol–water partition coefficient (Wildman–Crippen LogP) is 2.29. The number of hydrogen-bond acceptors (Lipinski definition) is 3. The van der Waals surface area contributed by atoms with E-state index in [4.69, 9.17) is 4.74 Å². The van der Waals surface area contributed by atoms with Crippen LogP contribution in [-0.4, -0.2) is 43.2 Å². The number of nitrogens with zero attached hydrogens (tertiary/aromatic N) is 1. The molecule has 0 spiro atoms. The van der Waals surface area contributed by atoms with Gasteiger partial charge in [0.1, 0.15) is 0 Å². The third kappa shape index (κ3) is 2.40. The van der Waals surface area contributed by atoms with E-state index in [2.05, 4.69) is 5.32 Å². The monoisotopic (exact) mass is 274 g/mol. The van der Waals surface area contributed by atoms with Crippen LogP contribution in [0.2, 0.25) is 0 Å². The summed E-state index contributed by atoms with van der Waals surface area (Å²) in [4.78, 5) is 14.5. The van der Waals surface area contributed by atoms with Crippen LogP contribution >= 0.6 is 0 Å². The van der Waals surface area contributed by atoms with Crippen molar-refractivity contribution in [3.63, 3.8) is 0 Å². The Morgan fingerprint density at radius 3 is 3.05 bits per heavy atom. The van der Waals surface area contributed by atoms with E-state index in [1.807, 2.05) is 37.1 Å². The van der Waals surface area contributed by atoms with Crippen molar-refractivity contribution in [2.45, 2.75) is 38.3 Å². The van der Waals surface area contributed by atoms with Crippen LogP contribution in [0.25, 0.3) is 0 Å². The van der Waals surface area contributed by atoms with E-state index in [0.717, 1.165) is 38.0 Å². The average Bonchev–Trinajstić information content (AvgIpc) is 2.91. The lowest BCUT2D eigenvalue weighted by Gasteiger charge is -2.27. The van der Waals surface area contributed by atoms with Gasteiger partial charge in [-0.1, -0.05) is 0 Å². The molecule has 3 rings (SSSR count). The lowest BCUT2D eigenvalue weighted by molar-refractivity contribution is 0.0574. The van der Waals surface area contributed by atoms with Gasteiger partial charge in [0.05, 0.1) is 12.1 Å². The molecule has 0 bridgehead atoms. The molecule has 2 aliphatic rings. The second kappa shape index (κ2) is 5.44. The van der Waals surface area contributed by atoms with Crippen molar-refractivity contribution in [1.82, 2.24) is 4.90 Å². The fourth-order valence-electron chi connectivity index (χ4n) is 3.19. The van der Waals surface area contributed by atoms with Gasteiger partial charge in [0.2, 0.25) is 0 Å². The summed E-state index contributed by atoms with van der Waals surface area (Å²) in [5, 5.41) is 3.38. The largest absolute Gasteiger partial charge is 0.385 e. The summed E-state index contributed by atoms with van der Waals surface area (Å²) in [7, 11) is 1.88. The average molecular weight is 274 g/mol. The van der Waals surface area contributed by atoms with Crippen LogP contribution < -0.4 is 5.32 Å². The fourth-order valence-corrected chi connectivity index (χ4v) is 3.19. The highest BCUT2D eigenvalue weighted by Crippen LogP contribution is 2.25. The minimum atomic E-state index is 0.0979. The van der Waals surface area contributed by atoms with E-state index >= 15 is 0 Å². The number of nitrogens with one attached hydrogen (secondary N) is 1. The molecule has 1 N–H and O–H groups in total. The van der Waals surface area contributed by atoms with E-state index in [-0.39, 0.29) is 18.1 Å². The standard InChI is InChI=1S/C16H22N2O2/c1-11-15(7-9-20-11)18(2)16(19)13-5-6-14-12(10-13)4-3-8-17-14/h5-6,10-11,15,17H,3-4,7-9H2,1-2H3. The third-order valence-corrected chi connectivity index (χ3v) is 4.44. The van der Waals surface area contributed by atoms with Crippen molar-refractivity contribution in [2.24, 2.45) is 0 Å². The van der Waals surface area contributed by atoms with E-state index in [1.54, 1.807) is 0 Å². The minimum Gasteiger partial charge on any atom is -0.385 e. The number of fused-ring (bicyclic) bond motifs is 1. The van der Waals surface area contributed by atoms with Crippen LogP contribution in [0, 0.1) is 0 Å². The predicted molar refractivity (Wildman–Crippen MR) is 79.2 cm³/mol. The van der Waals surface area contributed by atoms with Crippen LogP contribution in [0.1, 0.15) is 35.7 Å². The van der Waals surface area contributed by atoms with Crippen LogP contribution in [-0.2, 0) is 11.2 Å². The molecule has 1 amide bonds. The molecule has 4 heteroatoms. The first-order valence-electron chi connectivity index (χ1n) is 7.42. The Bertz CT molecular complexity index is 515. The Kier molecular flexibility index (Phi) is 3.66. The Balaban J connectivity index is 1.79. The summed E-state index contributed by atoms with van der Waals surface area (Å²) in [6.07, 6.45) is 3.24. The normalized spacial score (nSPS) is 24.9. The zero-order chi connectivity index (χ0) is 14.1. The lowest BCUT2D eigenvalue weighted by atomic mass is 10.00. The van der Waals surface area contributed by atoms with Gasteiger partial charge in [-0.25, -0.2) is 0 Å². The van der Waals surface area contributed by atoms with Gasteiger partial charge >= 0.3 is 0 Å². The third-order valence-electron chi connectivity index (χ3n) is 4.44. The molecule has 20 heavy (non-hydrogen) atoms. The molecule has 1 saturated heterocycles. The number of aryl methyl sites for hydroxylation is 1. The molecule has 4 nitrogen and oxygen atoms in total. The number of anilines is 1. The summed E-state index contributed by atoms with van der Waals surface area (Å²) in [6, 6.07) is 6.19. The number of benzene rings is 1. The first-order valence-corrected chi connectivity index (χ1v) is 7.42. The van der Waals surface area contributed by atoms with Crippen molar-refractivity contribution in [3.8, 4) is 0 Å². The topological polar surface area (TPSA) is 41.6 Å². The highest BCUT2D eigenvalue weighted by atomic mass is 16.5. The summed E-state index contributed by atoms with van der Waals surface area (Å²) in [5.74, 6) is 0.0979. The van der Waals surface area contributed by atoms with Gasteiger partial charge in [-0.15, -0.1) is 0 Å². The first kappa shape index (κ1) is 13.4. The van der Waals surface area contributed by atoms with Crippen LogP contribution in [0.3, 0.4) is 0 Å². The molecular weight excluding hydrogens is 252 g/mol. The molecule has 0 radical (unpaired) electrons. The zero-order valence-electron chi connectivity index (χ0n) is 12.2. The van der Waals surface area contributed by atoms with Gasteiger partial charge in [0, 0.05) is 31.5 Å². The molecule has 2 aliphatic heterocycles. The SMILES string of the molecule is CC1OCCC1N(C)C(=O)c1ccc2c(c1)CCCN2. The second-order valence-corrected chi connectivity index (χ2v) is 5.75. The summed E-state index contributed by atoms with van der Waals surface area (Å²) in [6.45, 7) is 3.81. The minimum absolute atomic E-state index is 0.0979. The van der Waals surface area contributed by atoms with Gasteiger partial charge in [-0.2, -0.15) is 0 Å². The Labute approximate surface area is 120 Å². The van der Waals surface area contributed by atoms with Gasteiger partial charge in [-0.3, -0.25) is 4.79 Å². The van der Waals surface area contributed by atoms with E-state index in [1.165, 1.54) is 11.3 Å². The number of likely N-dealkylation sites (N-methyl/N-ethyl adjacent to an activating group) is 1. The highest BCUT2D eigenvalue weighted by molar-refractivity contribution is 5.95. The first-order chi connectivity index (χ1) is 9.66. The van der Waals surface area contributed by atoms with E-state index in [9.17, 15) is 4.79 Å². The number of hydrogen-bond donors (Lipinski definition) is 1. The van der Waals surface area contributed by atoms with E-state index < -0.39 is 0 Å². The number of ether oxygens (including phenoxy) is 1. The molecule has 1 aromatic carbocycles. The number of rotatable bonds is 2. The van der Waals surface area contributed by atoms with Gasteiger partial charge in [0.15, 0.2) is 0 Å². The molecule has 2 unspecified atom stereocenters. The maximum Gasteiger partial charge on any atom is 0.253 e. The maximum atomic E-state index is 12.6. The Hall–Kier alpha value is -1.55. The fraction of sp³-hybridized carbons (Fsp3) is 0.562. The molecule has 1 fully saturated rings. The second-order valence-electron chi connectivity index (χ2n) is 5.75. The van der Waals surface area contributed by atoms with Crippen molar-refractivity contribution in [1.29, 1.82) is 0 Å². The zero-order valence-corrected chi connectivity index (χ0v) is 12.2. The van der Waals surface area contributed by atoms with Crippen LogP contribution in [0.4, 0.5) is 5.69 Å². The highest BCUT2D eigenvalue weighted by Gasteiger charge is 2.31. The molecule has 108 valence electrons. The van der Waals surface area contributed by atoms with Crippen molar-refractivity contribution in [2.75, 3.05) is 25.5 Å². The number of carbonyl (C=O) groups excluding carboxylic acids is 1. The van der Waals surface area contributed by atoms with Gasteiger partial charge in [0.25, 0.3) is 5.91 Å². The summed E-state index contributed by atoms with van der Waals surface area (Å²) >= 11 is 0. The van der Waals surface area contributed by atoms with Crippen LogP contribution in [0.15, 0.2) is 18.2 Å². The molecule has 0 saturated carbocycles. The summed E-state index contributed by atoms with van der Waals surface area (Å²) < 4.78 is 5.56. The summed E-state index contributed by atoms with van der Waals surface area (Å²) in [5.41, 5.74) is 3.22. The molecule has 2 heterocycles. The molecule has 1 aromatic rings. The Morgan fingerprint density at radius 1 is 1.45 bits per heavy atom. The number of carbonyl (C=O) groups is 1. The molecule has 0 aliphatic carbocycles. The van der Waals surface area contributed by atoms with Crippen molar-refractivity contribution >= 4 is 11.6 Å². The maximum absolute atomic E-state index is 12.6. The van der Waals surface area contributed by atoms with Gasteiger partial charge < -0.3 is 15.0 Å². The van der Waals surface area contributed by atoms with Crippen LogP contribution in [0.5, 0.6) is 0 Å². The van der Waals surface area contributed by atoms with Crippen molar-refractivity contribution < 1.29 is 9.53 Å².